The standard InChI is InChI=1S/C32H26BrN3O6S/c1-19(29(38)34-24-14-15-28(37)26(18-24)32(41)42)43-25-9-5-8-23(17-25)35-31(40)27(16-20-10-12-22(33)13-11-20)36-30(39)21-6-3-2-4-7-21/h2-19,37H,1H3,(H,34,38)(H,35,40)(H,36,39)(H,41,42)/b27-16-. The van der Waals surface area contributed by atoms with Crippen molar-refractivity contribution in [1.82, 2.24) is 5.32 Å². The Bertz CT molecular complexity index is 1690. The summed E-state index contributed by atoms with van der Waals surface area (Å²) < 4.78 is 0.870. The number of aromatic hydroxyl groups is 1. The monoisotopic (exact) mass is 659 g/mol. The molecule has 0 aliphatic heterocycles. The van der Waals surface area contributed by atoms with Gasteiger partial charge >= 0.3 is 5.97 Å². The number of carboxylic acids is 1. The van der Waals surface area contributed by atoms with Gasteiger partial charge < -0.3 is 26.2 Å². The number of halogens is 1. The van der Waals surface area contributed by atoms with E-state index in [9.17, 15) is 29.4 Å². The molecule has 0 aliphatic carbocycles. The Morgan fingerprint density at radius 3 is 2.23 bits per heavy atom. The number of rotatable bonds is 10. The number of benzene rings is 4. The number of hydrogen-bond donors (Lipinski definition) is 5. The van der Waals surface area contributed by atoms with Crippen molar-refractivity contribution in [1.29, 1.82) is 0 Å². The highest BCUT2D eigenvalue weighted by atomic mass is 79.9. The van der Waals surface area contributed by atoms with Crippen molar-refractivity contribution in [2.45, 2.75) is 17.1 Å². The van der Waals surface area contributed by atoms with Crippen LogP contribution in [0.15, 0.2) is 112 Å². The normalized spacial score (nSPS) is 11.7. The SMILES string of the molecule is CC(Sc1cccc(NC(=O)/C(=C/c2ccc(Br)cc2)NC(=O)c2ccccc2)c1)C(=O)Nc1ccc(O)c(C(=O)O)c1. The van der Waals surface area contributed by atoms with Crippen LogP contribution < -0.4 is 16.0 Å². The van der Waals surface area contributed by atoms with E-state index in [1.807, 2.05) is 12.1 Å². The third-order valence-electron chi connectivity index (χ3n) is 5.98. The Hall–Kier alpha value is -4.87. The zero-order valence-electron chi connectivity index (χ0n) is 22.7. The molecular formula is C32H26BrN3O6S. The Kier molecular flexibility index (Phi) is 10.4. The third-order valence-corrected chi connectivity index (χ3v) is 7.60. The molecule has 0 saturated carbocycles. The predicted molar refractivity (Wildman–Crippen MR) is 170 cm³/mol. The zero-order valence-corrected chi connectivity index (χ0v) is 25.1. The summed E-state index contributed by atoms with van der Waals surface area (Å²) in [7, 11) is 0. The van der Waals surface area contributed by atoms with Gasteiger partial charge in [-0.15, -0.1) is 11.8 Å². The predicted octanol–water partition coefficient (Wildman–Crippen LogP) is 6.38. The topological polar surface area (TPSA) is 145 Å². The molecule has 0 radical (unpaired) electrons. The number of phenols is 1. The maximum Gasteiger partial charge on any atom is 0.339 e. The van der Waals surface area contributed by atoms with Crippen LogP contribution in [0.4, 0.5) is 11.4 Å². The highest BCUT2D eigenvalue weighted by Crippen LogP contribution is 2.28. The summed E-state index contributed by atoms with van der Waals surface area (Å²) >= 11 is 4.62. The molecule has 0 bridgehead atoms. The minimum absolute atomic E-state index is 0.0385. The van der Waals surface area contributed by atoms with Gasteiger partial charge in [0.05, 0.1) is 5.25 Å². The highest BCUT2D eigenvalue weighted by Gasteiger charge is 2.18. The van der Waals surface area contributed by atoms with Gasteiger partial charge in [0.1, 0.15) is 17.0 Å². The van der Waals surface area contributed by atoms with Gasteiger partial charge in [0.2, 0.25) is 5.91 Å². The van der Waals surface area contributed by atoms with Crippen molar-refractivity contribution in [2.24, 2.45) is 0 Å². The molecule has 0 saturated heterocycles. The Morgan fingerprint density at radius 1 is 0.837 bits per heavy atom. The van der Waals surface area contributed by atoms with Crippen molar-refractivity contribution in [3.8, 4) is 5.75 Å². The lowest BCUT2D eigenvalue weighted by Crippen LogP contribution is -2.30. The zero-order chi connectivity index (χ0) is 30.9. The van der Waals surface area contributed by atoms with Gasteiger partial charge in [-0.05, 0) is 79.2 Å². The van der Waals surface area contributed by atoms with Gasteiger partial charge in [-0.1, -0.05) is 52.3 Å². The van der Waals surface area contributed by atoms with Crippen LogP contribution in [-0.2, 0) is 9.59 Å². The molecule has 0 aromatic heterocycles. The van der Waals surface area contributed by atoms with Crippen LogP contribution in [0.5, 0.6) is 5.75 Å². The van der Waals surface area contributed by atoms with E-state index in [0.29, 0.717) is 21.7 Å². The van der Waals surface area contributed by atoms with Crippen LogP contribution >= 0.6 is 27.7 Å². The number of anilines is 2. The number of hydrogen-bond acceptors (Lipinski definition) is 6. The molecule has 0 fully saturated rings. The number of nitrogens with one attached hydrogen (secondary N) is 3. The summed E-state index contributed by atoms with van der Waals surface area (Å²) in [5, 5.41) is 26.5. The lowest BCUT2D eigenvalue weighted by molar-refractivity contribution is -0.115. The number of thioether (sulfide) groups is 1. The van der Waals surface area contributed by atoms with E-state index in [-0.39, 0.29) is 22.9 Å². The van der Waals surface area contributed by atoms with Gasteiger partial charge in [0.25, 0.3) is 11.8 Å². The molecule has 0 aliphatic rings. The first kappa shape index (κ1) is 31.1. The second-order valence-electron chi connectivity index (χ2n) is 9.20. The first-order valence-corrected chi connectivity index (χ1v) is 14.5. The molecule has 3 amide bonds. The fraction of sp³-hybridized carbons (Fsp3) is 0.0625. The smallest absolute Gasteiger partial charge is 0.339 e. The van der Waals surface area contributed by atoms with Gasteiger partial charge in [-0.25, -0.2) is 4.79 Å². The highest BCUT2D eigenvalue weighted by molar-refractivity contribution is 9.10. The van der Waals surface area contributed by atoms with Crippen molar-refractivity contribution >= 4 is 68.8 Å². The molecule has 0 spiro atoms. The van der Waals surface area contributed by atoms with Gasteiger partial charge in [0, 0.05) is 26.3 Å². The van der Waals surface area contributed by atoms with Crippen LogP contribution in [0.2, 0.25) is 0 Å². The van der Waals surface area contributed by atoms with Gasteiger partial charge in [-0.3, -0.25) is 14.4 Å². The minimum atomic E-state index is -1.32. The van der Waals surface area contributed by atoms with E-state index in [1.165, 1.54) is 30.0 Å². The number of aromatic carboxylic acids is 1. The molecule has 1 atom stereocenters. The summed E-state index contributed by atoms with van der Waals surface area (Å²) in [5.41, 5.74) is 1.50. The minimum Gasteiger partial charge on any atom is -0.507 e. The van der Waals surface area contributed by atoms with Crippen LogP contribution in [0.3, 0.4) is 0 Å². The Morgan fingerprint density at radius 2 is 1.53 bits per heavy atom. The summed E-state index contributed by atoms with van der Waals surface area (Å²) in [6.45, 7) is 1.68. The van der Waals surface area contributed by atoms with Crippen molar-refractivity contribution in [3.05, 3.63) is 124 Å². The van der Waals surface area contributed by atoms with E-state index in [2.05, 4.69) is 31.9 Å². The molecule has 11 heteroatoms. The number of amides is 3. The van der Waals surface area contributed by atoms with E-state index in [1.54, 1.807) is 79.7 Å². The third kappa shape index (κ3) is 8.81. The van der Waals surface area contributed by atoms with E-state index in [0.717, 1.165) is 4.47 Å². The first-order chi connectivity index (χ1) is 20.6. The second-order valence-corrected chi connectivity index (χ2v) is 11.5. The summed E-state index contributed by atoms with van der Waals surface area (Å²) in [6.07, 6.45) is 1.58. The maximum absolute atomic E-state index is 13.4. The van der Waals surface area contributed by atoms with Crippen LogP contribution in [0, 0.1) is 0 Å². The quantitative estimate of drug-likeness (QED) is 0.0754. The van der Waals surface area contributed by atoms with E-state index >= 15 is 0 Å². The molecule has 0 heterocycles. The summed E-state index contributed by atoms with van der Waals surface area (Å²) in [6, 6.07) is 26.5. The molecule has 1 unspecified atom stereocenters. The first-order valence-electron chi connectivity index (χ1n) is 12.9. The molecule has 4 rings (SSSR count). The van der Waals surface area contributed by atoms with Crippen LogP contribution in [-0.4, -0.2) is 39.2 Å². The molecule has 5 N–H and O–H groups in total. The Balaban J connectivity index is 1.47. The summed E-state index contributed by atoms with van der Waals surface area (Å²) in [5.74, 6) is -3.08. The Labute approximate surface area is 260 Å². The number of carbonyl (C=O) groups excluding carboxylic acids is 3. The maximum atomic E-state index is 13.4. The molecule has 4 aromatic carbocycles. The molecule has 43 heavy (non-hydrogen) atoms. The average molecular weight is 661 g/mol. The lowest BCUT2D eigenvalue weighted by Gasteiger charge is -2.14. The van der Waals surface area contributed by atoms with Gasteiger partial charge in [0.15, 0.2) is 0 Å². The fourth-order valence-electron chi connectivity index (χ4n) is 3.80. The molecule has 9 nitrogen and oxygen atoms in total. The molecular weight excluding hydrogens is 634 g/mol. The van der Waals surface area contributed by atoms with Crippen molar-refractivity contribution in [3.63, 3.8) is 0 Å². The van der Waals surface area contributed by atoms with Crippen molar-refractivity contribution < 1.29 is 29.4 Å². The van der Waals surface area contributed by atoms with E-state index < -0.39 is 28.8 Å². The van der Waals surface area contributed by atoms with Crippen LogP contribution in [0.25, 0.3) is 6.08 Å². The molecule has 218 valence electrons. The second kappa shape index (κ2) is 14.3. The fourth-order valence-corrected chi connectivity index (χ4v) is 4.99. The largest absolute Gasteiger partial charge is 0.507 e. The number of carbonyl (C=O) groups is 4. The summed E-state index contributed by atoms with van der Waals surface area (Å²) in [4.78, 5) is 51.0. The van der Waals surface area contributed by atoms with E-state index in [4.69, 9.17) is 0 Å². The molecule has 4 aromatic rings. The lowest BCUT2D eigenvalue weighted by atomic mass is 10.1. The van der Waals surface area contributed by atoms with Crippen molar-refractivity contribution in [2.75, 3.05) is 10.6 Å². The van der Waals surface area contributed by atoms with Crippen LogP contribution in [0.1, 0.15) is 33.2 Å². The van der Waals surface area contributed by atoms with Gasteiger partial charge in [-0.2, -0.15) is 0 Å². The number of carboxylic acid groups (broad SMARTS) is 1. The average Bonchev–Trinajstić information content (AvgIpc) is 2.99.